The number of carbonyl (C=O) groups is 2. The molecule has 1 fully saturated rings. The predicted molar refractivity (Wildman–Crippen MR) is 100 cm³/mol. The van der Waals surface area contributed by atoms with Crippen LogP contribution in [0.25, 0.3) is 0 Å². The molecule has 1 heterocycles. The number of piperidine rings is 1. The first-order valence-electron chi connectivity index (χ1n) is 8.99. The Labute approximate surface area is 153 Å². The molecule has 1 aliphatic rings. The van der Waals surface area contributed by atoms with E-state index in [0.29, 0.717) is 30.8 Å². The standard InChI is InChI=1S/C21H24N2O3/c22-20(24)12-14-23-13-4-5-17(15-23)21(25)16-8-10-19(11-9-16)26-18-6-2-1-3-7-18/h1-3,6-11,17H,4-5,12-15H2,(H2,22,24)/t17-/m0/s1. The van der Waals surface area contributed by atoms with Crippen LogP contribution in [0.5, 0.6) is 11.5 Å². The number of ether oxygens (including phenoxy) is 1. The van der Waals surface area contributed by atoms with Gasteiger partial charge in [0.1, 0.15) is 11.5 Å². The van der Waals surface area contributed by atoms with Crippen molar-refractivity contribution in [2.45, 2.75) is 19.3 Å². The minimum atomic E-state index is -0.299. The van der Waals surface area contributed by atoms with E-state index < -0.39 is 0 Å². The monoisotopic (exact) mass is 352 g/mol. The minimum Gasteiger partial charge on any atom is -0.457 e. The van der Waals surface area contributed by atoms with Crippen molar-refractivity contribution in [3.05, 3.63) is 60.2 Å². The second-order valence-electron chi connectivity index (χ2n) is 6.66. The highest BCUT2D eigenvalue weighted by molar-refractivity contribution is 5.98. The van der Waals surface area contributed by atoms with Gasteiger partial charge in [-0.1, -0.05) is 18.2 Å². The maximum Gasteiger partial charge on any atom is 0.218 e. The first kappa shape index (κ1) is 18.1. The number of amides is 1. The van der Waals surface area contributed by atoms with Gasteiger partial charge in [-0.2, -0.15) is 0 Å². The molecule has 5 nitrogen and oxygen atoms in total. The number of carbonyl (C=O) groups excluding carboxylic acids is 2. The summed E-state index contributed by atoms with van der Waals surface area (Å²) in [5.74, 6) is 1.30. The third kappa shape index (κ3) is 4.92. The van der Waals surface area contributed by atoms with Crippen molar-refractivity contribution < 1.29 is 14.3 Å². The van der Waals surface area contributed by atoms with Crippen LogP contribution in [0, 0.1) is 5.92 Å². The lowest BCUT2D eigenvalue weighted by Gasteiger charge is -2.31. The van der Waals surface area contributed by atoms with Crippen LogP contribution in [-0.2, 0) is 4.79 Å². The molecule has 1 aliphatic heterocycles. The Morgan fingerprint density at radius 1 is 1.04 bits per heavy atom. The molecule has 0 unspecified atom stereocenters. The van der Waals surface area contributed by atoms with Gasteiger partial charge in [0.05, 0.1) is 0 Å². The Morgan fingerprint density at radius 3 is 2.42 bits per heavy atom. The first-order valence-corrected chi connectivity index (χ1v) is 8.99. The lowest BCUT2D eigenvalue weighted by atomic mass is 9.90. The van der Waals surface area contributed by atoms with Gasteiger partial charge in [-0.3, -0.25) is 9.59 Å². The van der Waals surface area contributed by atoms with E-state index in [9.17, 15) is 9.59 Å². The third-order valence-electron chi connectivity index (χ3n) is 4.67. The smallest absolute Gasteiger partial charge is 0.218 e. The van der Waals surface area contributed by atoms with E-state index >= 15 is 0 Å². The van der Waals surface area contributed by atoms with E-state index in [1.165, 1.54) is 0 Å². The Morgan fingerprint density at radius 2 is 1.73 bits per heavy atom. The molecule has 26 heavy (non-hydrogen) atoms. The summed E-state index contributed by atoms with van der Waals surface area (Å²) in [4.78, 5) is 25.9. The second-order valence-corrected chi connectivity index (χ2v) is 6.66. The number of para-hydroxylation sites is 1. The molecule has 2 aromatic carbocycles. The van der Waals surface area contributed by atoms with Crippen LogP contribution in [0.2, 0.25) is 0 Å². The normalized spacial score (nSPS) is 17.6. The fourth-order valence-electron chi connectivity index (χ4n) is 3.29. The summed E-state index contributed by atoms with van der Waals surface area (Å²) in [7, 11) is 0. The van der Waals surface area contributed by atoms with Crippen molar-refractivity contribution in [1.29, 1.82) is 0 Å². The highest BCUT2D eigenvalue weighted by Gasteiger charge is 2.26. The highest BCUT2D eigenvalue weighted by atomic mass is 16.5. The molecule has 0 aliphatic carbocycles. The number of nitrogens with zero attached hydrogens (tertiary/aromatic N) is 1. The molecule has 0 aromatic heterocycles. The van der Waals surface area contributed by atoms with E-state index in [1.54, 1.807) is 0 Å². The number of ketones is 1. The molecule has 2 aromatic rings. The van der Waals surface area contributed by atoms with Crippen LogP contribution < -0.4 is 10.5 Å². The van der Waals surface area contributed by atoms with Crippen LogP contribution in [0.15, 0.2) is 54.6 Å². The number of hydrogen-bond acceptors (Lipinski definition) is 4. The largest absolute Gasteiger partial charge is 0.457 e. The van der Waals surface area contributed by atoms with Crippen LogP contribution in [0.1, 0.15) is 29.6 Å². The van der Waals surface area contributed by atoms with Gasteiger partial charge in [-0.25, -0.2) is 0 Å². The van der Waals surface area contributed by atoms with Gasteiger partial charge >= 0.3 is 0 Å². The van der Waals surface area contributed by atoms with Gasteiger partial charge in [-0.15, -0.1) is 0 Å². The van der Waals surface area contributed by atoms with Gasteiger partial charge in [0.25, 0.3) is 0 Å². The summed E-state index contributed by atoms with van der Waals surface area (Å²) in [6, 6.07) is 16.9. The first-order chi connectivity index (χ1) is 12.6. The van der Waals surface area contributed by atoms with Crippen LogP contribution >= 0.6 is 0 Å². The number of benzene rings is 2. The molecule has 0 saturated carbocycles. The summed E-state index contributed by atoms with van der Waals surface area (Å²) in [6.07, 6.45) is 2.19. The Kier molecular flexibility index (Phi) is 6.02. The average Bonchev–Trinajstić information content (AvgIpc) is 2.67. The minimum absolute atomic E-state index is 0.0301. The fraction of sp³-hybridized carbons (Fsp3) is 0.333. The molecule has 0 spiro atoms. The van der Waals surface area contributed by atoms with E-state index in [0.717, 1.165) is 25.1 Å². The number of rotatable bonds is 7. The number of nitrogens with two attached hydrogens (primary N) is 1. The van der Waals surface area contributed by atoms with Gasteiger partial charge < -0.3 is 15.4 Å². The molecule has 3 rings (SSSR count). The molecule has 0 radical (unpaired) electrons. The third-order valence-corrected chi connectivity index (χ3v) is 4.67. The number of Topliss-reactive ketones (excluding diaryl/α,β-unsaturated/α-hetero) is 1. The molecular weight excluding hydrogens is 328 g/mol. The quantitative estimate of drug-likeness (QED) is 0.777. The molecule has 5 heteroatoms. The number of likely N-dealkylation sites (tertiary alicyclic amines) is 1. The lowest BCUT2D eigenvalue weighted by molar-refractivity contribution is -0.118. The summed E-state index contributed by atoms with van der Waals surface area (Å²) < 4.78 is 5.77. The Bertz CT molecular complexity index is 744. The molecule has 0 bridgehead atoms. The maximum atomic E-state index is 12.8. The van der Waals surface area contributed by atoms with Crippen molar-refractivity contribution in [2.75, 3.05) is 19.6 Å². The average molecular weight is 352 g/mol. The molecular formula is C21H24N2O3. The number of hydrogen-bond donors (Lipinski definition) is 1. The van der Waals surface area contributed by atoms with E-state index in [4.69, 9.17) is 10.5 Å². The van der Waals surface area contributed by atoms with Crippen molar-refractivity contribution in [3.8, 4) is 11.5 Å². The molecule has 2 N–H and O–H groups in total. The molecule has 136 valence electrons. The van der Waals surface area contributed by atoms with E-state index in [1.807, 2.05) is 54.6 Å². The SMILES string of the molecule is NC(=O)CCN1CCC[C@H](C(=O)c2ccc(Oc3ccccc3)cc2)C1. The zero-order valence-corrected chi connectivity index (χ0v) is 14.8. The summed E-state index contributed by atoms with van der Waals surface area (Å²) >= 11 is 0. The van der Waals surface area contributed by atoms with E-state index in [2.05, 4.69) is 4.90 Å². The summed E-state index contributed by atoms with van der Waals surface area (Å²) in [5.41, 5.74) is 5.92. The predicted octanol–water partition coefficient (Wildman–Crippen LogP) is 3.25. The van der Waals surface area contributed by atoms with Crippen molar-refractivity contribution in [1.82, 2.24) is 4.90 Å². The fourth-order valence-corrected chi connectivity index (χ4v) is 3.29. The maximum absolute atomic E-state index is 12.8. The van der Waals surface area contributed by atoms with Gasteiger partial charge in [0.15, 0.2) is 5.78 Å². The summed E-state index contributed by atoms with van der Waals surface area (Å²) in [6.45, 7) is 2.23. The topological polar surface area (TPSA) is 72.6 Å². The van der Waals surface area contributed by atoms with Gasteiger partial charge in [0.2, 0.25) is 5.91 Å². The van der Waals surface area contributed by atoms with Crippen LogP contribution in [-0.4, -0.2) is 36.2 Å². The van der Waals surface area contributed by atoms with Crippen LogP contribution in [0.4, 0.5) is 0 Å². The zero-order chi connectivity index (χ0) is 18.4. The Balaban J connectivity index is 1.59. The molecule has 1 atom stereocenters. The van der Waals surface area contributed by atoms with E-state index in [-0.39, 0.29) is 17.6 Å². The highest BCUT2D eigenvalue weighted by Crippen LogP contribution is 2.24. The lowest BCUT2D eigenvalue weighted by Crippen LogP contribution is -2.40. The second kappa shape index (κ2) is 8.63. The summed E-state index contributed by atoms with van der Waals surface area (Å²) in [5, 5.41) is 0. The number of primary amides is 1. The van der Waals surface area contributed by atoms with Crippen LogP contribution in [0.3, 0.4) is 0 Å². The van der Waals surface area contributed by atoms with Crippen molar-refractivity contribution >= 4 is 11.7 Å². The van der Waals surface area contributed by atoms with Gasteiger partial charge in [-0.05, 0) is 55.8 Å². The van der Waals surface area contributed by atoms with Crippen molar-refractivity contribution in [2.24, 2.45) is 11.7 Å². The van der Waals surface area contributed by atoms with Gasteiger partial charge in [0, 0.05) is 31.0 Å². The van der Waals surface area contributed by atoms with Crippen molar-refractivity contribution in [3.63, 3.8) is 0 Å². The zero-order valence-electron chi connectivity index (χ0n) is 14.8. The molecule has 1 amide bonds. The Hall–Kier alpha value is -2.66. The molecule has 1 saturated heterocycles.